The third-order valence-electron chi connectivity index (χ3n) is 2.94. The zero-order valence-electron chi connectivity index (χ0n) is 11.2. The summed E-state index contributed by atoms with van der Waals surface area (Å²) in [4.78, 5) is 33.7. The molecule has 1 aliphatic heterocycles. The molecule has 20 heavy (non-hydrogen) atoms. The van der Waals surface area contributed by atoms with Gasteiger partial charge in [0.05, 0.1) is 12.7 Å². The van der Waals surface area contributed by atoms with Gasteiger partial charge >= 0.3 is 6.03 Å². The predicted octanol–water partition coefficient (Wildman–Crippen LogP) is -0.704. The molecule has 2 rings (SSSR count). The van der Waals surface area contributed by atoms with E-state index in [9.17, 15) is 14.4 Å². The van der Waals surface area contributed by atoms with Crippen LogP contribution in [0.4, 0.5) is 4.79 Å². The Balaban J connectivity index is 1.63. The zero-order valence-corrected chi connectivity index (χ0v) is 11.2. The quantitative estimate of drug-likeness (QED) is 0.598. The summed E-state index contributed by atoms with van der Waals surface area (Å²) in [6.07, 6.45) is 4.13. The van der Waals surface area contributed by atoms with E-state index >= 15 is 0 Å². The number of carbonyl (C=O) groups is 3. The van der Waals surface area contributed by atoms with Crippen LogP contribution in [0.2, 0.25) is 0 Å². The molecule has 1 fully saturated rings. The smallest absolute Gasteiger partial charge is 0.322 e. The number of nitrogens with one attached hydrogen (secondary N) is 3. The van der Waals surface area contributed by atoms with Crippen LogP contribution in [0.3, 0.4) is 0 Å². The molecular weight excluding hydrogens is 262 g/mol. The van der Waals surface area contributed by atoms with Crippen molar-refractivity contribution in [2.75, 3.05) is 6.54 Å². The molecule has 0 aliphatic carbocycles. The van der Waals surface area contributed by atoms with E-state index in [4.69, 9.17) is 0 Å². The van der Waals surface area contributed by atoms with Gasteiger partial charge in [0.25, 0.3) is 5.91 Å². The van der Waals surface area contributed by atoms with Crippen molar-refractivity contribution in [3.8, 4) is 0 Å². The molecular formula is C12H17N5O3. The molecule has 0 saturated carbocycles. The van der Waals surface area contributed by atoms with Gasteiger partial charge in [0, 0.05) is 19.2 Å². The lowest BCUT2D eigenvalue weighted by atomic mass is 10.1. The van der Waals surface area contributed by atoms with Gasteiger partial charge in [-0.25, -0.2) is 4.79 Å². The summed E-state index contributed by atoms with van der Waals surface area (Å²) >= 11 is 0. The van der Waals surface area contributed by atoms with Crippen LogP contribution in [0, 0.1) is 6.92 Å². The second-order valence-electron chi connectivity index (χ2n) is 4.68. The maximum Gasteiger partial charge on any atom is 0.322 e. The van der Waals surface area contributed by atoms with Crippen LogP contribution in [0.15, 0.2) is 12.4 Å². The van der Waals surface area contributed by atoms with Crippen LogP contribution in [0.5, 0.6) is 0 Å². The Morgan fingerprint density at radius 2 is 2.30 bits per heavy atom. The first-order valence-electron chi connectivity index (χ1n) is 6.42. The van der Waals surface area contributed by atoms with Crippen molar-refractivity contribution in [3.05, 3.63) is 18.0 Å². The second kappa shape index (κ2) is 6.18. The SMILES string of the molecule is Cc1cnn(CCNC(=O)CCC2NC(=O)NC2=O)c1. The van der Waals surface area contributed by atoms with Gasteiger partial charge in [0.1, 0.15) is 6.04 Å². The summed E-state index contributed by atoms with van der Waals surface area (Å²) in [6.45, 7) is 3.02. The lowest BCUT2D eigenvalue weighted by molar-refractivity contribution is -0.122. The Bertz CT molecular complexity index is 525. The zero-order chi connectivity index (χ0) is 14.5. The van der Waals surface area contributed by atoms with Crippen molar-refractivity contribution in [2.45, 2.75) is 32.4 Å². The third-order valence-corrected chi connectivity index (χ3v) is 2.94. The molecule has 108 valence electrons. The van der Waals surface area contributed by atoms with E-state index in [2.05, 4.69) is 21.0 Å². The van der Waals surface area contributed by atoms with Gasteiger partial charge in [-0.3, -0.25) is 19.6 Å². The molecule has 0 aromatic carbocycles. The molecule has 1 aromatic heterocycles. The number of aromatic nitrogens is 2. The molecule has 1 saturated heterocycles. The largest absolute Gasteiger partial charge is 0.354 e. The standard InChI is InChI=1S/C12H17N5O3/c1-8-6-14-17(7-8)5-4-13-10(18)3-2-9-11(19)16-12(20)15-9/h6-7,9H,2-5H2,1H3,(H,13,18)(H2,15,16,19,20). The maximum atomic E-state index is 11.6. The summed E-state index contributed by atoms with van der Waals surface area (Å²) in [7, 11) is 0. The first kappa shape index (κ1) is 14.0. The van der Waals surface area contributed by atoms with Crippen molar-refractivity contribution in [1.29, 1.82) is 0 Å². The summed E-state index contributed by atoms with van der Waals surface area (Å²) in [5, 5.41) is 11.4. The highest BCUT2D eigenvalue weighted by molar-refractivity contribution is 6.04. The molecule has 1 aliphatic rings. The minimum Gasteiger partial charge on any atom is -0.354 e. The van der Waals surface area contributed by atoms with Crippen molar-refractivity contribution in [2.24, 2.45) is 0 Å². The van der Waals surface area contributed by atoms with Gasteiger partial charge in [-0.1, -0.05) is 0 Å². The molecule has 1 aromatic rings. The fourth-order valence-electron chi connectivity index (χ4n) is 1.93. The van der Waals surface area contributed by atoms with Crippen molar-refractivity contribution >= 4 is 17.8 Å². The van der Waals surface area contributed by atoms with Gasteiger partial charge in [0.2, 0.25) is 5.91 Å². The number of nitrogens with zero attached hydrogens (tertiary/aromatic N) is 2. The second-order valence-corrected chi connectivity index (χ2v) is 4.68. The fourth-order valence-corrected chi connectivity index (χ4v) is 1.93. The molecule has 0 radical (unpaired) electrons. The number of rotatable bonds is 6. The Hall–Kier alpha value is -2.38. The highest BCUT2D eigenvalue weighted by atomic mass is 16.2. The lowest BCUT2D eigenvalue weighted by Gasteiger charge is -2.08. The Labute approximate surface area is 115 Å². The first-order valence-corrected chi connectivity index (χ1v) is 6.42. The average molecular weight is 279 g/mol. The van der Waals surface area contributed by atoms with E-state index in [0.29, 0.717) is 19.5 Å². The van der Waals surface area contributed by atoms with Crippen molar-refractivity contribution in [1.82, 2.24) is 25.7 Å². The predicted molar refractivity (Wildman–Crippen MR) is 69.7 cm³/mol. The minimum atomic E-state index is -0.609. The van der Waals surface area contributed by atoms with Crippen LogP contribution in [-0.2, 0) is 16.1 Å². The number of carbonyl (C=O) groups excluding carboxylic acids is 3. The van der Waals surface area contributed by atoms with E-state index in [1.807, 2.05) is 13.1 Å². The highest BCUT2D eigenvalue weighted by Crippen LogP contribution is 2.02. The first-order chi connectivity index (χ1) is 9.54. The van der Waals surface area contributed by atoms with E-state index in [0.717, 1.165) is 5.56 Å². The van der Waals surface area contributed by atoms with Gasteiger partial charge in [0.15, 0.2) is 0 Å². The van der Waals surface area contributed by atoms with Crippen LogP contribution < -0.4 is 16.0 Å². The minimum absolute atomic E-state index is 0.150. The van der Waals surface area contributed by atoms with Crippen LogP contribution in [0.1, 0.15) is 18.4 Å². The van der Waals surface area contributed by atoms with Gasteiger partial charge in [-0.15, -0.1) is 0 Å². The van der Waals surface area contributed by atoms with Gasteiger partial charge < -0.3 is 10.6 Å². The molecule has 8 nitrogen and oxygen atoms in total. The number of imide groups is 1. The Morgan fingerprint density at radius 3 is 2.90 bits per heavy atom. The molecule has 0 bridgehead atoms. The van der Waals surface area contributed by atoms with Gasteiger partial charge in [-0.05, 0) is 18.9 Å². The van der Waals surface area contributed by atoms with Crippen LogP contribution >= 0.6 is 0 Å². The molecule has 2 heterocycles. The van der Waals surface area contributed by atoms with Crippen molar-refractivity contribution < 1.29 is 14.4 Å². The molecule has 4 amide bonds. The Morgan fingerprint density at radius 1 is 1.50 bits per heavy atom. The average Bonchev–Trinajstić information content (AvgIpc) is 2.93. The molecule has 3 N–H and O–H groups in total. The monoisotopic (exact) mass is 279 g/mol. The van der Waals surface area contributed by atoms with E-state index in [-0.39, 0.29) is 18.2 Å². The lowest BCUT2D eigenvalue weighted by Crippen LogP contribution is -2.32. The number of hydrogen-bond donors (Lipinski definition) is 3. The van der Waals surface area contributed by atoms with Gasteiger partial charge in [-0.2, -0.15) is 5.10 Å². The molecule has 0 spiro atoms. The van der Waals surface area contributed by atoms with E-state index in [1.54, 1.807) is 10.9 Å². The number of urea groups is 1. The highest BCUT2D eigenvalue weighted by Gasteiger charge is 2.29. The van der Waals surface area contributed by atoms with E-state index in [1.165, 1.54) is 0 Å². The molecule has 8 heteroatoms. The summed E-state index contributed by atoms with van der Waals surface area (Å²) in [6, 6.07) is -1.11. The number of aryl methyl sites for hydroxylation is 1. The van der Waals surface area contributed by atoms with Crippen molar-refractivity contribution in [3.63, 3.8) is 0 Å². The molecule has 1 atom stereocenters. The van der Waals surface area contributed by atoms with Crippen LogP contribution in [-0.4, -0.2) is 40.2 Å². The topological polar surface area (TPSA) is 105 Å². The summed E-state index contributed by atoms with van der Waals surface area (Å²) in [5.41, 5.74) is 1.07. The third kappa shape index (κ3) is 3.81. The van der Waals surface area contributed by atoms with E-state index < -0.39 is 12.1 Å². The number of amides is 4. The summed E-state index contributed by atoms with van der Waals surface area (Å²) in [5.74, 6) is -0.530. The summed E-state index contributed by atoms with van der Waals surface area (Å²) < 4.78 is 1.75. The maximum absolute atomic E-state index is 11.6. The Kier molecular flexibility index (Phi) is 4.34. The fraction of sp³-hybridized carbons (Fsp3) is 0.500. The number of hydrogen-bond acceptors (Lipinski definition) is 4. The normalized spacial score (nSPS) is 17.8. The van der Waals surface area contributed by atoms with Crippen LogP contribution in [0.25, 0.3) is 0 Å². The molecule has 1 unspecified atom stereocenters.